The van der Waals surface area contributed by atoms with Crippen LogP contribution in [0.5, 0.6) is 5.75 Å². The van der Waals surface area contributed by atoms with Gasteiger partial charge in [-0.3, -0.25) is 0 Å². The van der Waals surface area contributed by atoms with Gasteiger partial charge in [0.25, 0.3) is 0 Å². The molecular formula is C17H26N2O3. The fraction of sp³-hybridized carbons (Fsp3) is 0.588. The van der Waals surface area contributed by atoms with Crippen LogP contribution in [0.4, 0.5) is 4.79 Å². The highest BCUT2D eigenvalue weighted by atomic mass is 16.5. The number of aliphatic hydroxyl groups excluding tert-OH is 1. The number of rotatable bonds is 7. The second-order valence-corrected chi connectivity index (χ2v) is 6.00. The number of urea groups is 1. The van der Waals surface area contributed by atoms with Gasteiger partial charge in [-0.2, -0.15) is 0 Å². The number of carbonyl (C=O) groups is 1. The summed E-state index contributed by atoms with van der Waals surface area (Å²) >= 11 is 0. The molecule has 1 aromatic rings. The summed E-state index contributed by atoms with van der Waals surface area (Å²) in [7, 11) is 1.73. The van der Waals surface area contributed by atoms with Crippen molar-refractivity contribution in [3.05, 3.63) is 29.8 Å². The Morgan fingerprint density at radius 2 is 2.18 bits per heavy atom. The van der Waals surface area contributed by atoms with E-state index >= 15 is 0 Å². The Kier molecular flexibility index (Phi) is 6.07. The fourth-order valence-electron chi connectivity index (χ4n) is 2.22. The van der Waals surface area contributed by atoms with Gasteiger partial charge >= 0.3 is 6.03 Å². The Morgan fingerprint density at radius 1 is 1.45 bits per heavy atom. The van der Waals surface area contributed by atoms with Crippen molar-refractivity contribution in [3.8, 4) is 5.75 Å². The van der Waals surface area contributed by atoms with Gasteiger partial charge in [0.1, 0.15) is 5.75 Å². The van der Waals surface area contributed by atoms with E-state index in [4.69, 9.17) is 4.74 Å². The van der Waals surface area contributed by atoms with Crippen LogP contribution in [-0.2, 0) is 6.54 Å². The lowest BCUT2D eigenvalue weighted by molar-refractivity contribution is 0.119. The number of carbonyl (C=O) groups excluding carboxylic acids is 1. The number of para-hydroxylation sites is 1. The Labute approximate surface area is 132 Å². The van der Waals surface area contributed by atoms with Crippen LogP contribution in [0.1, 0.15) is 38.2 Å². The zero-order chi connectivity index (χ0) is 15.9. The third kappa shape index (κ3) is 4.91. The molecule has 0 radical (unpaired) electrons. The molecule has 2 amide bonds. The van der Waals surface area contributed by atoms with Gasteiger partial charge in [0.2, 0.25) is 0 Å². The van der Waals surface area contributed by atoms with E-state index in [0.717, 1.165) is 24.2 Å². The molecule has 1 atom stereocenters. The summed E-state index contributed by atoms with van der Waals surface area (Å²) in [5, 5.41) is 12.2. The fourth-order valence-corrected chi connectivity index (χ4v) is 2.22. The van der Waals surface area contributed by atoms with Crippen LogP contribution < -0.4 is 10.1 Å². The van der Waals surface area contributed by atoms with Crippen molar-refractivity contribution in [1.82, 2.24) is 10.2 Å². The van der Waals surface area contributed by atoms with Crippen LogP contribution in [0.15, 0.2) is 24.3 Å². The van der Waals surface area contributed by atoms with Crippen molar-refractivity contribution in [3.63, 3.8) is 0 Å². The molecule has 5 nitrogen and oxygen atoms in total. The Hall–Kier alpha value is -1.75. The molecule has 0 spiro atoms. The number of ether oxygens (including phenoxy) is 1. The molecule has 5 heteroatoms. The summed E-state index contributed by atoms with van der Waals surface area (Å²) in [6.07, 6.45) is 3.96. The van der Waals surface area contributed by atoms with Crippen LogP contribution >= 0.6 is 0 Å². The summed E-state index contributed by atoms with van der Waals surface area (Å²) in [4.78, 5) is 13.6. The molecule has 2 N–H and O–H groups in total. The normalized spacial score (nSPS) is 15.8. The minimum Gasteiger partial charge on any atom is -0.490 e. The van der Waals surface area contributed by atoms with E-state index in [1.165, 1.54) is 6.42 Å². The van der Waals surface area contributed by atoms with Crippen LogP contribution in [0.2, 0.25) is 0 Å². The topological polar surface area (TPSA) is 61.8 Å². The molecule has 1 aliphatic rings. The third-order valence-electron chi connectivity index (χ3n) is 3.98. The Morgan fingerprint density at radius 3 is 2.82 bits per heavy atom. The first kappa shape index (κ1) is 16.6. The predicted molar refractivity (Wildman–Crippen MR) is 85.9 cm³/mol. The minimum absolute atomic E-state index is 0.140. The molecule has 122 valence electrons. The largest absolute Gasteiger partial charge is 0.490 e. The SMILES string of the molecule is CC(O)CCN(C)C(=O)NCc1ccccc1OC1CCC1. The van der Waals surface area contributed by atoms with Crippen LogP contribution in [0.3, 0.4) is 0 Å². The van der Waals surface area contributed by atoms with E-state index in [1.54, 1.807) is 18.9 Å². The van der Waals surface area contributed by atoms with Gasteiger partial charge in [0, 0.05) is 25.7 Å². The van der Waals surface area contributed by atoms with Gasteiger partial charge in [-0.15, -0.1) is 0 Å². The molecule has 0 bridgehead atoms. The molecule has 1 saturated carbocycles. The molecule has 1 fully saturated rings. The Bertz CT molecular complexity index is 487. The molecule has 0 aliphatic heterocycles. The highest BCUT2D eigenvalue weighted by Gasteiger charge is 2.20. The first-order chi connectivity index (χ1) is 10.6. The molecule has 0 saturated heterocycles. The maximum atomic E-state index is 12.0. The highest BCUT2D eigenvalue weighted by molar-refractivity contribution is 5.73. The molecule has 0 heterocycles. The lowest BCUT2D eigenvalue weighted by atomic mass is 9.96. The zero-order valence-corrected chi connectivity index (χ0v) is 13.4. The van der Waals surface area contributed by atoms with E-state index in [1.807, 2.05) is 24.3 Å². The molecule has 2 rings (SSSR count). The summed E-state index contributed by atoms with van der Waals surface area (Å²) in [5.41, 5.74) is 0.992. The van der Waals surface area contributed by atoms with Gasteiger partial charge in [-0.05, 0) is 38.7 Å². The first-order valence-corrected chi connectivity index (χ1v) is 7.98. The van der Waals surface area contributed by atoms with Gasteiger partial charge in [-0.25, -0.2) is 4.79 Å². The molecular weight excluding hydrogens is 280 g/mol. The number of amides is 2. The number of nitrogens with one attached hydrogen (secondary N) is 1. The Balaban J connectivity index is 1.83. The average molecular weight is 306 g/mol. The summed E-state index contributed by atoms with van der Waals surface area (Å²) in [6, 6.07) is 7.69. The van der Waals surface area contributed by atoms with Gasteiger partial charge in [0.05, 0.1) is 12.2 Å². The molecule has 1 aliphatic carbocycles. The van der Waals surface area contributed by atoms with Crippen molar-refractivity contribution in [2.75, 3.05) is 13.6 Å². The lowest BCUT2D eigenvalue weighted by Crippen LogP contribution is -2.38. The minimum atomic E-state index is -0.396. The number of aliphatic hydroxyl groups is 1. The second kappa shape index (κ2) is 8.03. The molecule has 22 heavy (non-hydrogen) atoms. The summed E-state index contributed by atoms with van der Waals surface area (Å²) < 4.78 is 5.96. The van der Waals surface area contributed by atoms with Crippen molar-refractivity contribution in [1.29, 1.82) is 0 Å². The van der Waals surface area contributed by atoms with Crippen molar-refractivity contribution in [2.24, 2.45) is 0 Å². The molecule has 1 aromatic carbocycles. The van der Waals surface area contributed by atoms with Crippen LogP contribution in [0, 0.1) is 0 Å². The van der Waals surface area contributed by atoms with Crippen molar-refractivity contribution in [2.45, 2.75) is 51.4 Å². The van der Waals surface area contributed by atoms with Gasteiger partial charge in [0.15, 0.2) is 0 Å². The summed E-state index contributed by atoms with van der Waals surface area (Å²) in [5.74, 6) is 0.860. The number of hydrogen-bond donors (Lipinski definition) is 2. The van der Waals surface area contributed by atoms with Gasteiger partial charge < -0.3 is 20.1 Å². The number of hydrogen-bond acceptors (Lipinski definition) is 3. The van der Waals surface area contributed by atoms with E-state index in [-0.39, 0.29) is 6.03 Å². The summed E-state index contributed by atoms with van der Waals surface area (Å²) in [6.45, 7) is 2.70. The van der Waals surface area contributed by atoms with E-state index in [2.05, 4.69) is 5.32 Å². The maximum Gasteiger partial charge on any atom is 0.317 e. The molecule has 0 aromatic heterocycles. The number of nitrogens with zero attached hydrogens (tertiary/aromatic N) is 1. The predicted octanol–water partition coefficient (Wildman–Crippen LogP) is 2.53. The van der Waals surface area contributed by atoms with Crippen LogP contribution in [-0.4, -0.2) is 41.8 Å². The standard InChI is InChI=1S/C17H26N2O3/c1-13(20)10-11-19(2)17(21)18-12-14-6-3-4-9-16(14)22-15-7-5-8-15/h3-4,6,9,13,15,20H,5,7-8,10-12H2,1-2H3,(H,18,21). The average Bonchev–Trinajstić information content (AvgIpc) is 2.46. The first-order valence-electron chi connectivity index (χ1n) is 7.98. The quantitative estimate of drug-likeness (QED) is 0.814. The van der Waals surface area contributed by atoms with Crippen molar-refractivity contribution >= 4 is 6.03 Å². The van der Waals surface area contributed by atoms with E-state index in [0.29, 0.717) is 25.6 Å². The smallest absolute Gasteiger partial charge is 0.317 e. The highest BCUT2D eigenvalue weighted by Crippen LogP contribution is 2.27. The maximum absolute atomic E-state index is 12.0. The molecule has 1 unspecified atom stereocenters. The second-order valence-electron chi connectivity index (χ2n) is 6.00. The lowest BCUT2D eigenvalue weighted by Gasteiger charge is -2.27. The zero-order valence-electron chi connectivity index (χ0n) is 13.4. The number of benzene rings is 1. The van der Waals surface area contributed by atoms with E-state index in [9.17, 15) is 9.90 Å². The third-order valence-corrected chi connectivity index (χ3v) is 3.98. The van der Waals surface area contributed by atoms with E-state index < -0.39 is 6.10 Å². The van der Waals surface area contributed by atoms with Crippen molar-refractivity contribution < 1.29 is 14.6 Å². The monoisotopic (exact) mass is 306 g/mol. The van der Waals surface area contributed by atoms with Crippen LogP contribution in [0.25, 0.3) is 0 Å². The van der Waals surface area contributed by atoms with Gasteiger partial charge in [-0.1, -0.05) is 18.2 Å².